The van der Waals surface area contributed by atoms with Crippen molar-refractivity contribution in [2.45, 2.75) is 44.6 Å². The number of nitrogens with one attached hydrogen (secondary N) is 1. The third-order valence-corrected chi connectivity index (χ3v) is 8.21. The Kier molecular flexibility index (Phi) is 10.5. The lowest BCUT2D eigenvalue weighted by Gasteiger charge is -2.33. The van der Waals surface area contributed by atoms with Crippen LogP contribution in [-0.4, -0.2) is 57.9 Å². The van der Waals surface area contributed by atoms with Gasteiger partial charge in [0.15, 0.2) is 0 Å². The van der Waals surface area contributed by atoms with E-state index in [4.69, 9.17) is 4.74 Å². The van der Waals surface area contributed by atoms with Gasteiger partial charge in [-0.1, -0.05) is 67.1 Å². The Balaban J connectivity index is 2.05. The molecule has 0 aliphatic rings. The highest BCUT2D eigenvalue weighted by Crippen LogP contribution is 2.33. The number of carbonyl (C=O) groups excluding carboxylic acids is 2. The van der Waals surface area contributed by atoms with Gasteiger partial charge in [0.25, 0.3) is 10.0 Å². The molecule has 0 aromatic heterocycles. The van der Waals surface area contributed by atoms with Crippen molar-refractivity contribution in [3.8, 4) is 5.75 Å². The number of benzene rings is 3. The fourth-order valence-corrected chi connectivity index (χ4v) is 5.78. The van der Waals surface area contributed by atoms with Gasteiger partial charge in [-0.2, -0.15) is 0 Å². The molecule has 0 heterocycles. The highest BCUT2D eigenvalue weighted by atomic mass is 32.2. The molecular weight excluding hydrogens is 514 g/mol. The average Bonchev–Trinajstić information content (AvgIpc) is 2.94. The summed E-state index contributed by atoms with van der Waals surface area (Å²) >= 11 is 0. The third-order valence-electron chi connectivity index (χ3n) is 6.44. The number of rotatable bonds is 13. The van der Waals surface area contributed by atoms with Gasteiger partial charge >= 0.3 is 0 Å². The quantitative estimate of drug-likeness (QED) is 0.344. The number of aryl methyl sites for hydroxylation is 1. The fraction of sp³-hybridized carbons (Fsp3) is 0.333. The van der Waals surface area contributed by atoms with E-state index in [0.717, 1.165) is 15.4 Å². The Morgan fingerprint density at radius 2 is 1.56 bits per heavy atom. The van der Waals surface area contributed by atoms with Crippen LogP contribution < -0.4 is 14.4 Å². The Morgan fingerprint density at radius 3 is 2.18 bits per heavy atom. The Hall–Kier alpha value is -3.85. The molecule has 0 saturated carbocycles. The predicted octanol–water partition coefficient (Wildman–Crippen LogP) is 4.18. The van der Waals surface area contributed by atoms with E-state index in [9.17, 15) is 18.0 Å². The average molecular weight is 552 g/mol. The highest BCUT2D eigenvalue weighted by Gasteiger charge is 2.34. The Bertz CT molecular complexity index is 1340. The van der Waals surface area contributed by atoms with Crippen LogP contribution in [0.5, 0.6) is 5.75 Å². The minimum absolute atomic E-state index is 0.0568. The normalized spacial score (nSPS) is 11.9. The Labute approximate surface area is 231 Å². The third kappa shape index (κ3) is 7.38. The molecule has 0 aliphatic heterocycles. The zero-order valence-electron chi connectivity index (χ0n) is 23.0. The van der Waals surface area contributed by atoms with E-state index in [1.807, 2.05) is 44.2 Å². The van der Waals surface area contributed by atoms with Crippen LogP contribution in [0.1, 0.15) is 31.4 Å². The predicted molar refractivity (Wildman–Crippen MR) is 153 cm³/mol. The van der Waals surface area contributed by atoms with Crippen molar-refractivity contribution < 1.29 is 22.7 Å². The molecule has 0 aliphatic carbocycles. The van der Waals surface area contributed by atoms with Gasteiger partial charge in [0, 0.05) is 13.6 Å². The molecule has 39 heavy (non-hydrogen) atoms. The molecule has 3 rings (SSSR count). The molecule has 1 atom stereocenters. The van der Waals surface area contributed by atoms with Crippen LogP contribution in [-0.2, 0) is 26.0 Å². The smallest absolute Gasteiger partial charge is 0.264 e. The van der Waals surface area contributed by atoms with Crippen LogP contribution in [0.15, 0.2) is 83.8 Å². The molecule has 0 saturated heterocycles. The number of amides is 2. The molecular formula is C30H37N3O5S. The second kappa shape index (κ2) is 13.8. The topological polar surface area (TPSA) is 96.0 Å². The number of hydrogen-bond acceptors (Lipinski definition) is 5. The van der Waals surface area contributed by atoms with Crippen molar-refractivity contribution in [1.82, 2.24) is 10.2 Å². The van der Waals surface area contributed by atoms with Gasteiger partial charge in [0.2, 0.25) is 11.8 Å². The lowest BCUT2D eigenvalue weighted by molar-refractivity contribution is -0.139. The summed E-state index contributed by atoms with van der Waals surface area (Å²) in [4.78, 5) is 28.3. The summed E-state index contributed by atoms with van der Waals surface area (Å²) in [7, 11) is -2.64. The number of nitrogens with zero attached hydrogens (tertiary/aromatic N) is 2. The fourth-order valence-electron chi connectivity index (χ4n) is 4.35. The highest BCUT2D eigenvalue weighted by molar-refractivity contribution is 7.92. The molecule has 0 fully saturated rings. The number of sulfonamides is 1. The Morgan fingerprint density at radius 1 is 0.923 bits per heavy atom. The second-order valence-corrected chi connectivity index (χ2v) is 10.9. The van der Waals surface area contributed by atoms with E-state index >= 15 is 0 Å². The van der Waals surface area contributed by atoms with Gasteiger partial charge < -0.3 is 15.0 Å². The molecule has 1 unspecified atom stereocenters. The molecule has 1 N–H and O–H groups in total. The molecule has 3 aromatic carbocycles. The van der Waals surface area contributed by atoms with Crippen LogP contribution in [0.4, 0.5) is 5.69 Å². The summed E-state index contributed by atoms with van der Waals surface area (Å²) in [6, 6.07) is 22.1. The van der Waals surface area contributed by atoms with Crippen molar-refractivity contribution in [3.05, 3.63) is 90.0 Å². The van der Waals surface area contributed by atoms with Crippen molar-refractivity contribution >= 4 is 27.5 Å². The molecule has 2 amide bonds. The largest absolute Gasteiger partial charge is 0.492 e. The maximum absolute atomic E-state index is 14.0. The van der Waals surface area contributed by atoms with Gasteiger partial charge in [-0.25, -0.2) is 8.42 Å². The SMILES string of the molecule is CCOc1ccccc1N(CC(=O)N(CCc1ccccc1)C(CC)C(=O)NC)S(=O)(=O)c1ccc(C)cc1. The second-order valence-electron chi connectivity index (χ2n) is 9.09. The summed E-state index contributed by atoms with van der Waals surface area (Å²) in [5, 5.41) is 2.64. The maximum Gasteiger partial charge on any atom is 0.264 e. The minimum atomic E-state index is -4.16. The van der Waals surface area contributed by atoms with Crippen molar-refractivity contribution in [1.29, 1.82) is 0 Å². The maximum atomic E-state index is 14.0. The van der Waals surface area contributed by atoms with E-state index in [1.165, 1.54) is 24.1 Å². The molecule has 8 nitrogen and oxygen atoms in total. The monoisotopic (exact) mass is 551 g/mol. The molecule has 9 heteroatoms. The van der Waals surface area contributed by atoms with E-state index in [-0.39, 0.29) is 23.0 Å². The standard InChI is InChI=1S/C30H37N3O5S/c1-5-26(30(35)31-4)32(21-20-24-12-8-7-9-13-24)29(34)22-33(27-14-10-11-15-28(27)38-6-2)39(36,37)25-18-16-23(3)17-19-25/h7-19,26H,5-6,20-22H2,1-4H3,(H,31,35). The summed E-state index contributed by atoms with van der Waals surface area (Å²) in [5.74, 6) is -0.442. The number of carbonyl (C=O) groups is 2. The number of anilines is 1. The molecule has 0 bridgehead atoms. The van der Waals surface area contributed by atoms with Crippen LogP contribution in [0.3, 0.4) is 0 Å². The van der Waals surface area contributed by atoms with Crippen molar-refractivity contribution in [3.63, 3.8) is 0 Å². The lowest BCUT2D eigenvalue weighted by Crippen LogP contribution is -2.52. The van der Waals surface area contributed by atoms with E-state index in [0.29, 0.717) is 25.2 Å². The minimum Gasteiger partial charge on any atom is -0.492 e. The van der Waals surface area contributed by atoms with E-state index < -0.39 is 28.5 Å². The van der Waals surface area contributed by atoms with Crippen LogP contribution >= 0.6 is 0 Å². The van der Waals surface area contributed by atoms with Crippen LogP contribution in [0.25, 0.3) is 0 Å². The molecule has 0 spiro atoms. The first-order valence-corrected chi connectivity index (χ1v) is 14.5. The molecule has 0 radical (unpaired) electrons. The van der Waals surface area contributed by atoms with Gasteiger partial charge in [0.05, 0.1) is 17.2 Å². The van der Waals surface area contributed by atoms with Crippen LogP contribution in [0, 0.1) is 6.92 Å². The van der Waals surface area contributed by atoms with Gasteiger partial charge in [-0.05, 0) is 56.5 Å². The molecule has 3 aromatic rings. The van der Waals surface area contributed by atoms with E-state index in [1.54, 1.807) is 43.3 Å². The number of hydrogen-bond donors (Lipinski definition) is 1. The van der Waals surface area contributed by atoms with Crippen molar-refractivity contribution in [2.24, 2.45) is 0 Å². The first-order chi connectivity index (χ1) is 18.7. The number of likely N-dealkylation sites (N-methyl/N-ethyl adjacent to an activating group) is 1. The first kappa shape index (κ1) is 29.7. The summed E-state index contributed by atoms with van der Waals surface area (Å²) in [6.07, 6.45) is 0.890. The van der Waals surface area contributed by atoms with Gasteiger partial charge in [0.1, 0.15) is 18.3 Å². The summed E-state index contributed by atoms with van der Waals surface area (Å²) in [5.41, 5.74) is 2.17. The zero-order chi connectivity index (χ0) is 28.4. The first-order valence-electron chi connectivity index (χ1n) is 13.1. The summed E-state index contributed by atoms with van der Waals surface area (Å²) in [6.45, 7) is 5.58. The summed E-state index contributed by atoms with van der Waals surface area (Å²) < 4.78 is 34.8. The lowest BCUT2D eigenvalue weighted by atomic mass is 10.1. The van der Waals surface area contributed by atoms with E-state index in [2.05, 4.69) is 5.32 Å². The van der Waals surface area contributed by atoms with Crippen LogP contribution in [0.2, 0.25) is 0 Å². The zero-order valence-corrected chi connectivity index (χ0v) is 23.8. The number of para-hydroxylation sites is 2. The number of ether oxygens (including phenoxy) is 1. The van der Waals surface area contributed by atoms with Gasteiger partial charge in [-0.3, -0.25) is 13.9 Å². The molecule has 208 valence electrons. The van der Waals surface area contributed by atoms with Crippen molar-refractivity contribution in [2.75, 3.05) is 31.0 Å². The van der Waals surface area contributed by atoms with Gasteiger partial charge in [-0.15, -0.1) is 0 Å².